The number of hydrogen-bond acceptors (Lipinski definition) is 4. The molecule has 12 rings (SSSR count). The van der Waals surface area contributed by atoms with E-state index in [1.165, 1.54) is 59.1 Å². The molecule has 0 aliphatic heterocycles. The molecule has 2 heterocycles. The molecule has 0 spiro atoms. The summed E-state index contributed by atoms with van der Waals surface area (Å²) >= 11 is 1.87. The number of benzene rings is 9. The first-order valence-electron chi connectivity index (χ1n) is 21.0. The summed E-state index contributed by atoms with van der Waals surface area (Å²) in [6.45, 7) is 0. The van der Waals surface area contributed by atoms with Crippen LogP contribution in [0.25, 0.3) is 87.7 Å². The Kier molecular flexibility index (Phi) is 8.58. The summed E-state index contributed by atoms with van der Waals surface area (Å²) in [6.07, 6.45) is 0. The summed E-state index contributed by atoms with van der Waals surface area (Å²) in [4.78, 5) is 15.2. The van der Waals surface area contributed by atoms with Crippen LogP contribution in [-0.2, 0) is 5.41 Å². The first-order chi connectivity index (χ1) is 30.7. The molecule has 0 radical (unpaired) electrons. The number of rotatable bonds is 7. The highest BCUT2D eigenvalue weighted by molar-refractivity contribution is 7.25. The summed E-state index contributed by atoms with van der Waals surface area (Å²) in [5, 5.41) is 2.62. The van der Waals surface area contributed by atoms with E-state index in [2.05, 4.69) is 188 Å². The summed E-state index contributed by atoms with van der Waals surface area (Å²) in [5.41, 5.74) is 14.6. The zero-order chi connectivity index (χ0) is 41.0. The third-order valence-corrected chi connectivity index (χ3v) is 13.6. The normalized spacial score (nSPS) is 12.6. The van der Waals surface area contributed by atoms with Crippen LogP contribution in [0.1, 0.15) is 22.3 Å². The number of thiophene rings is 1. The van der Waals surface area contributed by atoms with E-state index in [4.69, 9.17) is 15.0 Å². The quantitative estimate of drug-likeness (QED) is 0.161. The van der Waals surface area contributed by atoms with E-state index < -0.39 is 5.41 Å². The zero-order valence-corrected chi connectivity index (χ0v) is 34.4. The van der Waals surface area contributed by atoms with Crippen molar-refractivity contribution < 1.29 is 0 Å². The minimum Gasteiger partial charge on any atom is -0.208 e. The van der Waals surface area contributed by atoms with Gasteiger partial charge in [0.2, 0.25) is 0 Å². The first-order valence-corrected chi connectivity index (χ1v) is 21.8. The second-order valence-electron chi connectivity index (χ2n) is 15.9. The van der Waals surface area contributed by atoms with Crippen LogP contribution in [-0.4, -0.2) is 15.0 Å². The largest absolute Gasteiger partial charge is 0.208 e. The SMILES string of the molecule is c1ccc(-c2ccc(-c3nc(-c4ccccc4)nc(-c4cccc(-c5ccc(C6(c7ccc8c(c7)sc7ccccc78)c7ccccc7-c7ccccc76)cc5)c4)n3)cc2)cc1. The molecule has 0 fully saturated rings. The topological polar surface area (TPSA) is 38.7 Å². The molecule has 2 aromatic heterocycles. The maximum atomic E-state index is 5.10. The van der Waals surface area contributed by atoms with Gasteiger partial charge in [0.05, 0.1) is 5.41 Å². The fourth-order valence-electron chi connectivity index (χ4n) is 9.53. The maximum absolute atomic E-state index is 5.10. The molecular formula is C58H37N3S. The zero-order valence-electron chi connectivity index (χ0n) is 33.6. The first kappa shape index (κ1) is 36.1. The second-order valence-corrected chi connectivity index (χ2v) is 17.0. The third kappa shape index (κ3) is 5.91. The van der Waals surface area contributed by atoms with Crippen molar-refractivity contribution in [3.05, 3.63) is 247 Å². The lowest BCUT2D eigenvalue weighted by molar-refractivity contribution is 0.770. The van der Waals surface area contributed by atoms with Crippen LogP contribution < -0.4 is 0 Å². The van der Waals surface area contributed by atoms with Crippen LogP contribution in [0.3, 0.4) is 0 Å². The molecule has 3 nitrogen and oxygen atoms in total. The van der Waals surface area contributed by atoms with E-state index >= 15 is 0 Å². The number of fused-ring (bicyclic) bond motifs is 6. The van der Waals surface area contributed by atoms with Crippen molar-refractivity contribution in [1.82, 2.24) is 15.0 Å². The van der Waals surface area contributed by atoms with Crippen LogP contribution in [0, 0.1) is 0 Å². The number of hydrogen-bond donors (Lipinski definition) is 0. The maximum Gasteiger partial charge on any atom is 0.164 e. The molecule has 4 heteroatoms. The minimum absolute atomic E-state index is 0.494. The number of aromatic nitrogens is 3. The van der Waals surface area contributed by atoms with Crippen molar-refractivity contribution in [3.8, 4) is 67.5 Å². The van der Waals surface area contributed by atoms with Crippen molar-refractivity contribution in [3.63, 3.8) is 0 Å². The Bertz CT molecular complexity index is 3400. The molecule has 0 atom stereocenters. The molecule has 0 bridgehead atoms. The fraction of sp³-hybridized carbons (Fsp3) is 0.0172. The molecule has 9 aromatic carbocycles. The molecular weight excluding hydrogens is 771 g/mol. The van der Waals surface area contributed by atoms with Crippen molar-refractivity contribution >= 4 is 31.5 Å². The van der Waals surface area contributed by atoms with Gasteiger partial charge in [-0.15, -0.1) is 11.3 Å². The third-order valence-electron chi connectivity index (χ3n) is 12.5. The molecule has 0 saturated carbocycles. The summed E-state index contributed by atoms with van der Waals surface area (Å²) in [5.74, 6) is 1.91. The summed E-state index contributed by atoms with van der Waals surface area (Å²) in [7, 11) is 0. The Morgan fingerprint density at radius 1 is 0.290 bits per heavy atom. The lowest BCUT2D eigenvalue weighted by Gasteiger charge is -2.34. The molecule has 1 aliphatic carbocycles. The Balaban J connectivity index is 0.960. The minimum atomic E-state index is -0.494. The fourth-order valence-corrected chi connectivity index (χ4v) is 10.7. The molecule has 0 saturated heterocycles. The number of nitrogens with zero attached hydrogens (tertiary/aromatic N) is 3. The Labute approximate surface area is 364 Å². The molecule has 0 amide bonds. The van der Waals surface area contributed by atoms with Crippen LogP contribution in [0.5, 0.6) is 0 Å². The van der Waals surface area contributed by atoms with Crippen molar-refractivity contribution in [2.24, 2.45) is 0 Å². The van der Waals surface area contributed by atoms with Gasteiger partial charge in [-0.25, -0.2) is 15.0 Å². The van der Waals surface area contributed by atoms with Gasteiger partial charge in [0.1, 0.15) is 0 Å². The van der Waals surface area contributed by atoms with Gasteiger partial charge in [0, 0.05) is 36.9 Å². The van der Waals surface area contributed by atoms with Gasteiger partial charge in [-0.05, 0) is 73.8 Å². The van der Waals surface area contributed by atoms with Crippen LogP contribution in [0.15, 0.2) is 224 Å². The van der Waals surface area contributed by atoms with Gasteiger partial charge in [0.15, 0.2) is 17.5 Å². The molecule has 0 N–H and O–H groups in total. The van der Waals surface area contributed by atoms with E-state index in [1.54, 1.807) is 0 Å². The molecule has 11 aromatic rings. The Morgan fingerprint density at radius 3 is 1.44 bits per heavy atom. The van der Waals surface area contributed by atoms with E-state index in [0.29, 0.717) is 17.5 Å². The monoisotopic (exact) mass is 807 g/mol. The van der Waals surface area contributed by atoms with Crippen LogP contribution in [0.2, 0.25) is 0 Å². The van der Waals surface area contributed by atoms with Crippen molar-refractivity contribution in [2.45, 2.75) is 5.41 Å². The molecule has 0 unspecified atom stereocenters. The van der Waals surface area contributed by atoms with Gasteiger partial charge in [0.25, 0.3) is 0 Å². The van der Waals surface area contributed by atoms with Gasteiger partial charge < -0.3 is 0 Å². The smallest absolute Gasteiger partial charge is 0.164 e. The standard InChI is InChI=1S/C58H37N3S/c1-3-14-38(15-4-1)39-26-28-42(29-27-39)56-59-55(41-16-5-2-6-17-41)60-57(61-56)44-19-13-18-43(36-44)40-30-32-45(33-31-40)58(51-23-10-7-20-47(51)48-21-8-11-24-52(48)58)46-34-35-50-49-22-9-12-25-53(49)62-54(50)37-46/h1-37H. The highest BCUT2D eigenvalue weighted by Gasteiger charge is 2.46. The van der Waals surface area contributed by atoms with E-state index in [-0.39, 0.29) is 0 Å². The van der Waals surface area contributed by atoms with Gasteiger partial charge in [-0.1, -0.05) is 206 Å². The Hall–Kier alpha value is -7.79. The van der Waals surface area contributed by atoms with Crippen LogP contribution in [0.4, 0.5) is 0 Å². The predicted molar refractivity (Wildman–Crippen MR) is 257 cm³/mol. The van der Waals surface area contributed by atoms with E-state index in [0.717, 1.165) is 33.4 Å². The summed E-state index contributed by atoms with van der Waals surface area (Å²) < 4.78 is 2.62. The average Bonchev–Trinajstić information content (AvgIpc) is 3.88. The second kappa shape index (κ2) is 14.7. The summed E-state index contributed by atoms with van der Waals surface area (Å²) in [6, 6.07) is 80.6. The highest BCUT2D eigenvalue weighted by atomic mass is 32.1. The van der Waals surface area contributed by atoms with Gasteiger partial charge in [-0.2, -0.15) is 0 Å². The highest BCUT2D eigenvalue weighted by Crippen LogP contribution is 2.56. The van der Waals surface area contributed by atoms with Crippen LogP contribution >= 0.6 is 11.3 Å². The average molecular weight is 808 g/mol. The predicted octanol–water partition coefficient (Wildman–Crippen LogP) is 14.9. The van der Waals surface area contributed by atoms with E-state index in [1.807, 2.05) is 47.7 Å². The van der Waals surface area contributed by atoms with Gasteiger partial charge >= 0.3 is 0 Å². The molecule has 1 aliphatic rings. The Morgan fingerprint density at radius 2 is 0.742 bits per heavy atom. The van der Waals surface area contributed by atoms with Crippen molar-refractivity contribution in [2.75, 3.05) is 0 Å². The molecule has 290 valence electrons. The molecule has 62 heavy (non-hydrogen) atoms. The van der Waals surface area contributed by atoms with Gasteiger partial charge in [-0.3, -0.25) is 0 Å². The van der Waals surface area contributed by atoms with Crippen molar-refractivity contribution in [1.29, 1.82) is 0 Å². The van der Waals surface area contributed by atoms with E-state index in [9.17, 15) is 0 Å². The lowest BCUT2D eigenvalue weighted by Crippen LogP contribution is -2.28. The lowest BCUT2D eigenvalue weighted by atomic mass is 9.67.